The van der Waals surface area contributed by atoms with E-state index in [4.69, 9.17) is 21.0 Å². The number of carbonyl (C=O) groups excluding carboxylic acids is 1. The molecule has 458 valence electrons. The van der Waals surface area contributed by atoms with Crippen LogP contribution in [0.3, 0.4) is 0 Å². The van der Waals surface area contributed by atoms with E-state index >= 15 is 0 Å². The summed E-state index contributed by atoms with van der Waals surface area (Å²) < 4.78 is 159. The number of benzene rings is 4. The SMILES string of the molecule is CC#N.CP(C)(=O)C(F)(F)c1cc2nc(/C=N/O)ccc2cc1Br.CP(C)(=O)C(F)(F)c1cc2nc(C#N)ccc2cc1Br.CP(C)(=O)C(F)(F)c1cc2nc(C=O)ccc2cc1Br.N#Cc1ccc2cc(Br)c(C(F)(F)P(=O)([O-])[O-])cc2n1.[NH4+].[NH4+]. The fourth-order valence-electron chi connectivity index (χ4n) is 6.87. The molecule has 0 radical (unpaired) electrons. The van der Waals surface area contributed by atoms with Crippen LogP contribution in [0.4, 0.5) is 35.1 Å². The topological polar surface area (TPSA) is 360 Å². The molecule has 4 aromatic carbocycles. The van der Waals surface area contributed by atoms with Gasteiger partial charge in [0.2, 0.25) is 0 Å². The Morgan fingerprint density at radius 2 is 0.744 bits per heavy atom. The highest BCUT2D eigenvalue weighted by atomic mass is 79.9. The molecular weight excluding hydrogens is 1490 g/mol. The normalized spacial score (nSPS) is 12.0. The van der Waals surface area contributed by atoms with Crippen molar-refractivity contribution in [3.63, 3.8) is 0 Å². The lowest BCUT2D eigenvalue weighted by molar-refractivity contribution is -0.335. The smallest absolute Gasteiger partial charge is 0.323 e. The molecule has 86 heavy (non-hydrogen) atoms. The van der Waals surface area contributed by atoms with Crippen LogP contribution in [-0.4, -0.2) is 77.6 Å². The summed E-state index contributed by atoms with van der Waals surface area (Å²) in [5.74, 6) is 0. The van der Waals surface area contributed by atoms with Gasteiger partial charge in [0, 0.05) is 76.2 Å². The summed E-state index contributed by atoms with van der Waals surface area (Å²) in [6.07, 6.45) is 1.65. The quantitative estimate of drug-likeness (QED) is 0.0286. The van der Waals surface area contributed by atoms with E-state index in [2.05, 4.69) is 88.8 Å². The van der Waals surface area contributed by atoms with Crippen LogP contribution in [0.5, 0.6) is 0 Å². The molecule has 0 unspecified atom stereocenters. The maximum absolute atomic E-state index is 14.3. The highest BCUT2D eigenvalue weighted by Crippen LogP contribution is 2.63. The van der Waals surface area contributed by atoms with Gasteiger partial charge in [0.1, 0.15) is 29.2 Å². The van der Waals surface area contributed by atoms with Crippen LogP contribution in [0.15, 0.2) is 120 Å². The van der Waals surface area contributed by atoms with Gasteiger partial charge in [-0.05, 0) is 125 Å². The number of hydrogen-bond donors (Lipinski definition) is 3. The second-order valence-corrected chi connectivity index (χ2v) is 33.3. The highest BCUT2D eigenvalue weighted by molar-refractivity contribution is 9.11. The van der Waals surface area contributed by atoms with Crippen LogP contribution in [0.1, 0.15) is 56.7 Å². The molecule has 0 aliphatic heterocycles. The minimum absolute atomic E-state index is 0. The van der Waals surface area contributed by atoms with E-state index in [0.717, 1.165) is 52.3 Å². The second kappa shape index (κ2) is 29.5. The lowest BCUT2D eigenvalue weighted by Gasteiger charge is -2.38. The number of nitrogens with zero attached hydrogens (tertiary/aromatic N) is 8. The number of alkyl halides is 8. The van der Waals surface area contributed by atoms with Gasteiger partial charge >= 0.3 is 17.0 Å². The minimum Gasteiger partial charge on any atom is -0.806 e. The number of pyridine rings is 4. The van der Waals surface area contributed by atoms with Crippen molar-refractivity contribution in [1.82, 2.24) is 32.2 Å². The van der Waals surface area contributed by atoms with Gasteiger partial charge in [0.25, 0.3) is 5.66 Å². The number of aldehydes is 1. The van der Waals surface area contributed by atoms with Crippen molar-refractivity contribution < 1.29 is 73.2 Å². The summed E-state index contributed by atoms with van der Waals surface area (Å²) in [5.41, 5.74) is -15.6. The average molecular weight is 1540 g/mol. The molecule has 8 aromatic rings. The maximum Gasteiger partial charge on any atom is 0.323 e. The Bertz CT molecular complexity index is 4120. The van der Waals surface area contributed by atoms with Gasteiger partial charge in [-0.25, -0.2) is 19.9 Å². The Labute approximate surface area is 519 Å². The molecule has 4 heterocycles. The van der Waals surface area contributed by atoms with E-state index in [0.29, 0.717) is 39.0 Å². The number of carbonyl (C=O) groups is 1. The molecule has 4 aromatic heterocycles. The van der Waals surface area contributed by atoms with Crippen molar-refractivity contribution >= 4 is 149 Å². The largest absolute Gasteiger partial charge is 0.806 e. The average Bonchev–Trinajstić information content (AvgIpc) is 0.970. The van der Waals surface area contributed by atoms with Gasteiger partial charge in [-0.1, -0.05) is 81.0 Å². The van der Waals surface area contributed by atoms with Crippen LogP contribution in [0, 0.1) is 34.0 Å². The van der Waals surface area contributed by atoms with Crippen LogP contribution < -0.4 is 22.1 Å². The molecule has 0 saturated carbocycles. The number of aromatic nitrogens is 4. The molecule has 0 fully saturated rings. The van der Waals surface area contributed by atoms with E-state index in [1.807, 2.05) is 6.07 Å². The summed E-state index contributed by atoms with van der Waals surface area (Å²) in [4.78, 5) is 47.9. The lowest BCUT2D eigenvalue weighted by Crippen LogP contribution is -2.30. The van der Waals surface area contributed by atoms with Crippen molar-refractivity contribution in [2.75, 3.05) is 40.0 Å². The summed E-state index contributed by atoms with van der Waals surface area (Å²) in [5, 5.41) is 38.4. The van der Waals surface area contributed by atoms with Crippen molar-refractivity contribution in [3.05, 3.63) is 160 Å². The van der Waals surface area contributed by atoms with Crippen LogP contribution in [0.25, 0.3) is 43.6 Å². The first-order valence-electron chi connectivity index (χ1n) is 22.9. The van der Waals surface area contributed by atoms with Crippen molar-refractivity contribution in [3.8, 4) is 18.2 Å². The predicted molar refractivity (Wildman–Crippen MR) is 327 cm³/mol. The van der Waals surface area contributed by atoms with Gasteiger partial charge in [0.15, 0.2) is 27.7 Å². The van der Waals surface area contributed by atoms with Crippen molar-refractivity contribution in [2.45, 2.75) is 29.6 Å². The molecule has 0 saturated heterocycles. The number of quaternary nitrogens is 2. The van der Waals surface area contributed by atoms with Gasteiger partial charge in [-0.15, -0.1) is 0 Å². The van der Waals surface area contributed by atoms with Gasteiger partial charge in [-0.3, -0.25) is 4.79 Å². The first-order chi connectivity index (χ1) is 38.6. The third-order valence-corrected chi connectivity index (χ3v) is 19.7. The third-order valence-electron chi connectivity index (χ3n) is 11.4. The predicted octanol–water partition coefficient (Wildman–Crippen LogP) is 16.6. The number of nitriles is 3. The Morgan fingerprint density at radius 3 is 1.00 bits per heavy atom. The summed E-state index contributed by atoms with van der Waals surface area (Å²) >= 11 is 12.1. The van der Waals surface area contributed by atoms with Crippen LogP contribution in [0.2, 0.25) is 0 Å². The highest BCUT2D eigenvalue weighted by Gasteiger charge is 2.48. The summed E-state index contributed by atoms with van der Waals surface area (Å²) in [6.45, 7) is 7.70. The van der Waals surface area contributed by atoms with E-state index in [1.54, 1.807) is 36.4 Å². The molecule has 0 aliphatic rings. The number of oxime groups is 1. The van der Waals surface area contributed by atoms with Gasteiger partial charge in [-0.2, -0.15) is 50.9 Å². The van der Waals surface area contributed by atoms with E-state index in [-0.39, 0.29) is 80.5 Å². The first kappa shape index (κ1) is 76.3. The molecule has 8 rings (SSSR count). The van der Waals surface area contributed by atoms with Crippen molar-refractivity contribution in [1.29, 1.82) is 15.8 Å². The van der Waals surface area contributed by atoms with E-state index in [1.165, 1.54) is 73.7 Å². The monoisotopic (exact) mass is 1530 g/mol. The lowest BCUT2D eigenvalue weighted by atomic mass is 10.1. The minimum atomic E-state index is -6.17. The van der Waals surface area contributed by atoms with Gasteiger partial charge < -0.3 is 45.6 Å². The fraction of sp³-hybridized carbons (Fsp3) is 0.212. The number of hydrogen-bond acceptors (Lipinski definition) is 16. The Hall–Kier alpha value is -5.75. The molecule has 34 heteroatoms. The first-order valence-corrected chi connectivity index (χ1v) is 35.5. The molecule has 0 atom stereocenters. The molecule has 9 N–H and O–H groups in total. The molecule has 0 aliphatic carbocycles. The van der Waals surface area contributed by atoms with E-state index in [9.17, 15) is 68.0 Å². The van der Waals surface area contributed by atoms with Crippen LogP contribution >= 0.6 is 92.7 Å². The Balaban J connectivity index is 0.000000382. The summed E-state index contributed by atoms with van der Waals surface area (Å²) in [7, 11) is -17.2. The molecule has 0 bridgehead atoms. The zero-order chi connectivity index (χ0) is 63.9. The number of halogens is 12. The Kier molecular flexibility index (Phi) is 26.2. The maximum atomic E-state index is 14.3. The zero-order valence-corrected chi connectivity index (χ0v) is 56.0. The number of fused-ring (bicyclic) bond motifs is 4. The van der Waals surface area contributed by atoms with Gasteiger partial charge in [0.05, 0.1) is 40.0 Å². The standard InChI is InChI=1S/C13H12BrF2N2O2P.C13H10BrF2N2OP.C13H11BrF2NO2P.C11H6BrF2N2O3P.C2H3N.2H3N/c1-21(2,20)13(15,16)10-6-12-8(5-11(10)14)3-4-9(18-12)7-17-19;1-20(2,19)13(15,16)10-6-12-8(5-11(10)14)3-4-9(7-17)18-12;1-20(2,19)13(15,16)10-6-12-8(5-11(10)14)3-4-9(7-18)17-12;12-9-3-6-1-2-7(5-15)16-10(6)4-8(9)11(13,14)20(17,18)19;1-2-3;;/h3-7,19H,1-2H3;3-6H,1-2H3;3-7H,1-2H3;1-4H,(H2,17,18,19);1H3;2*1H3/b17-7+;;;;;;. The third kappa shape index (κ3) is 17.5. The number of rotatable bonds is 10. The molecular formula is C52H48Br4F8N10O8P4. The fourth-order valence-corrected chi connectivity index (χ4v) is 12.7. The molecule has 0 amide bonds. The second-order valence-electron chi connectivity index (χ2n) is 18.5. The molecule has 18 nitrogen and oxygen atoms in total. The Morgan fingerprint density at radius 1 is 0.488 bits per heavy atom. The molecule has 0 spiro atoms. The van der Waals surface area contributed by atoms with Crippen molar-refractivity contribution in [2.24, 2.45) is 5.16 Å². The summed E-state index contributed by atoms with van der Waals surface area (Å²) in [6, 6.07) is 27.8. The van der Waals surface area contributed by atoms with E-state index < -0.39 is 57.2 Å². The zero-order valence-electron chi connectivity index (χ0n) is 46.1. The van der Waals surface area contributed by atoms with Crippen LogP contribution in [-0.2, 0) is 40.9 Å².